The van der Waals surface area contributed by atoms with Crippen LogP contribution in [0.3, 0.4) is 0 Å². The number of amides is 1. The molecule has 2 aromatic rings. The summed E-state index contributed by atoms with van der Waals surface area (Å²) in [6, 6.07) is 4.63. The van der Waals surface area contributed by atoms with E-state index in [1.165, 1.54) is 10.7 Å². The zero-order valence-electron chi connectivity index (χ0n) is 13.3. The molecular weight excluding hydrogens is 297 g/mol. The van der Waals surface area contributed by atoms with Gasteiger partial charge in [-0.05, 0) is 49.9 Å². The number of nitrogens with zero attached hydrogens (tertiary/aromatic N) is 2. The predicted molar refractivity (Wildman–Crippen MR) is 83.8 cm³/mol. The molecule has 5 nitrogen and oxygen atoms in total. The lowest BCUT2D eigenvalue weighted by atomic mass is 10.1. The molecular formula is C17H20FN3O2. The zero-order valence-corrected chi connectivity index (χ0v) is 13.3. The molecule has 0 bridgehead atoms. The Kier molecular flexibility index (Phi) is 4.43. The average Bonchev–Trinajstić information content (AvgIpc) is 3.18. The Labute approximate surface area is 134 Å². The third-order valence-corrected chi connectivity index (χ3v) is 4.01. The minimum absolute atomic E-state index is 0.137. The molecule has 23 heavy (non-hydrogen) atoms. The molecule has 2 heterocycles. The van der Waals surface area contributed by atoms with Crippen LogP contribution in [0.5, 0.6) is 0 Å². The van der Waals surface area contributed by atoms with Crippen LogP contribution < -0.4 is 5.32 Å². The number of carbonyl (C=O) groups excluding carboxylic acids is 1. The van der Waals surface area contributed by atoms with Gasteiger partial charge in [0, 0.05) is 12.8 Å². The van der Waals surface area contributed by atoms with Crippen LogP contribution in [0, 0.1) is 12.7 Å². The van der Waals surface area contributed by atoms with Crippen LogP contribution in [0.2, 0.25) is 0 Å². The Morgan fingerprint density at radius 3 is 2.96 bits per heavy atom. The average molecular weight is 317 g/mol. The first-order chi connectivity index (χ1) is 11.0. The van der Waals surface area contributed by atoms with Crippen molar-refractivity contribution in [2.75, 3.05) is 6.61 Å². The van der Waals surface area contributed by atoms with E-state index in [0.717, 1.165) is 18.4 Å². The summed E-state index contributed by atoms with van der Waals surface area (Å²) in [5, 5.41) is 6.99. The van der Waals surface area contributed by atoms with Crippen LogP contribution >= 0.6 is 0 Å². The summed E-state index contributed by atoms with van der Waals surface area (Å²) in [7, 11) is 0. The van der Waals surface area contributed by atoms with Crippen molar-refractivity contribution < 1.29 is 13.9 Å². The maximum absolute atomic E-state index is 14.3. The molecule has 6 heteroatoms. The zero-order chi connectivity index (χ0) is 16.4. The molecule has 1 aliphatic rings. The molecule has 3 rings (SSSR count). The number of halogens is 1. The maximum atomic E-state index is 14.3. The first-order valence-corrected chi connectivity index (χ1v) is 7.77. The van der Waals surface area contributed by atoms with Gasteiger partial charge >= 0.3 is 0 Å². The van der Waals surface area contributed by atoms with Gasteiger partial charge in [-0.1, -0.05) is 6.07 Å². The largest absolute Gasteiger partial charge is 0.368 e. The van der Waals surface area contributed by atoms with Crippen molar-refractivity contribution in [3.8, 4) is 5.69 Å². The predicted octanol–water partition coefficient (Wildman–Crippen LogP) is 2.68. The first kappa shape index (κ1) is 15.7. The molecule has 122 valence electrons. The third kappa shape index (κ3) is 3.42. The lowest BCUT2D eigenvalue weighted by molar-refractivity contribution is -0.130. The Hall–Kier alpha value is -2.21. The fourth-order valence-electron chi connectivity index (χ4n) is 2.70. The van der Waals surface area contributed by atoms with E-state index in [1.807, 2.05) is 13.8 Å². The van der Waals surface area contributed by atoms with Crippen molar-refractivity contribution in [2.24, 2.45) is 0 Å². The molecule has 1 saturated heterocycles. The van der Waals surface area contributed by atoms with Gasteiger partial charge in [0.1, 0.15) is 17.6 Å². The fourth-order valence-corrected chi connectivity index (χ4v) is 2.70. The monoisotopic (exact) mass is 317 g/mol. The van der Waals surface area contributed by atoms with Gasteiger partial charge in [-0.2, -0.15) is 5.10 Å². The molecule has 1 aromatic carbocycles. The van der Waals surface area contributed by atoms with Crippen molar-refractivity contribution in [3.05, 3.63) is 47.5 Å². The molecule has 1 N–H and O–H groups in total. The van der Waals surface area contributed by atoms with Crippen LogP contribution in [0.15, 0.2) is 30.6 Å². The van der Waals surface area contributed by atoms with Crippen LogP contribution in [0.25, 0.3) is 5.69 Å². The number of nitrogens with one attached hydrogen (secondary N) is 1. The van der Waals surface area contributed by atoms with Crippen molar-refractivity contribution in [1.82, 2.24) is 15.1 Å². The number of rotatable bonds is 4. The summed E-state index contributed by atoms with van der Waals surface area (Å²) in [5.41, 5.74) is 2.06. The smallest absolute Gasteiger partial charge is 0.249 e. The van der Waals surface area contributed by atoms with E-state index < -0.39 is 0 Å². The van der Waals surface area contributed by atoms with Crippen molar-refractivity contribution in [3.63, 3.8) is 0 Å². The number of ether oxygens (including phenoxy) is 1. The summed E-state index contributed by atoms with van der Waals surface area (Å²) in [6.45, 7) is 4.36. The molecule has 1 amide bonds. The minimum Gasteiger partial charge on any atom is -0.368 e. The summed E-state index contributed by atoms with van der Waals surface area (Å²) in [6.07, 6.45) is 4.70. The molecule has 2 atom stereocenters. The van der Waals surface area contributed by atoms with E-state index in [9.17, 15) is 9.18 Å². The van der Waals surface area contributed by atoms with Crippen molar-refractivity contribution >= 4 is 5.91 Å². The van der Waals surface area contributed by atoms with Gasteiger partial charge < -0.3 is 10.1 Å². The normalized spacial score (nSPS) is 18.8. The number of aromatic nitrogens is 2. The van der Waals surface area contributed by atoms with E-state index in [4.69, 9.17) is 4.74 Å². The SMILES string of the molecule is Cc1cnn(-c2ccc([C@@H](C)NC(=O)[C@H]3CCCO3)cc2F)c1. The second-order valence-electron chi connectivity index (χ2n) is 5.91. The second-order valence-corrected chi connectivity index (χ2v) is 5.91. The van der Waals surface area contributed by atoms with E-state index in [2.05, 4.69) is 10.4 Å². The molecule has 1 aliphatic heterocycles. The Morgan fingerprint density at radius 1 is 1.52 bits per heavy atom. The van der Waals surface area contributed by atoms with E-state index >= 15 is 0 Å². The summed E-state index contributed by atoms with van der Waals surface area (Å²) >= 11 is 0. The topological polar surface area (TPSA) is 56.2 Å². The van der Waals surface area contributed by atoms with Gasteiger partial charge in [-0.15, -0.1) is 0 Å². The number of hydrogen-bond acceptors (Lipinski definition) is 3. The lowest BCUT2D eigenvalue weighted by Crippen LogP contribution is -2.35. The van der Waals surface area contributed by atoms with E-state index in [0.29, 0.717) is 17.9 Å². The van der Waals surface area contributed by atoms with E-state index in [1.54, 1.807) is 24.5 Å². The summed E-state index contributed by atoms with van der Waals surface area (Å²) in [4.78, 5) is 12.1. The van der Waals surface area contributed by atoms with Gasteiger partial charge in [0.2, 0.25) is 5.91 Å². The first-order valence-electron chi connectivity index (χ1n) is 7.77. The highest BCUT2D eigenvalue weighted by Gasteiger charge is 2.25. The van der Waals surface area contributed by atoms with Crippen LogP contribution in [-0.4, -0.2) is 28.4 Å². The molecule has 0 aliphatic carbocycles. The number of carbonyl (C=O) groups is 1. The Bertz CT molecular complexity index is 708. The van der Waals surface area contributed by atoms with Gasteiger partial charge in [-0.3, -0.25) is 4.79 Å². The van der Waals surface area contributed by atoms with Gasteiger partial charge in [-0.25, -0.2) is 9.07 Å². The standard InChI is InChI=1S/C17H20FN3O2/c1-11-9-19-21(10-11)15-6-5-13(8-14(15)18)12(2)20-17(22)16-4-3-7-23-16/h5-6,8-10,12,16H,3-4,7H2,1-2H3,(H,20,22)/t12-,16-/m1/s1. The highest BCUT2D eigenvalue weighted by atomic mass is 19.1. The summed E-state index contributed by atoms with van der Waals surface area (Å²) in [5.74, 6) is -0.508. The molecule has 0 unspecified atom stereocenters. The third-order valence-electron chi connectivity index (χ3n) is 4.01. The molecule has 0 saturated carbocycles. The maximum Gasteiger partial charge on any atom is 0.249 e. The van der Waals surface area contributed by atoms with Gasteiger partial charge in [0.25, 0.3) is 0 Å². The molecule has 0 radical (unpaired) electrons. The fraction of sp³-hybridized carbons (Fsp3) is 0.412. The van der Waals surface area contributed by atoms with Gasteiger partial charge in [0.05, 0.1) is 12.2 Å². The Balaban J connectivity index is 1.72. The van der Waals surface area contributed by atoms with Crippen molar-refractivity contribution in [2.45, 2.75) is 38.8 Å². The number of hydrogen-bond donors (Lipinski definition) is 1. The van der Waals surface area contributed by atoms with Crippen LogP contribution in [0.4, 0.5) is 4.39 Å². The number of benzene rings is 1. The van der Waals surface area contributed by atoms with Crippen LogP contribution in [0.1, 0.15) is 36.9 Å². The molecule has 1 aromatic heterocycles. The Morgan fingerprint density at radius 2 is 2.35 bits per heavy atom. The van der Waals surface area contributed by atoms with E-state index in [-0.39, 0.29) is 23.9 Å². The summed E-state index contributed by atoms with van der Waals surface area (Å²) < 4.78 is 21.2. The minimum atomic E-state index is -0.381. The molecule has 1 fully saturated rings. The highest BCUT2D eigenvalue weighted by Crippen LogP contribution is 2.20. The number of aryl methyl sites for hydroxylation is 1. The van der Waals surface area contributed by atoms with Crippen molar-refractivity contribution in [1.29, 1.82) is 0 Å². The highest BCUT2D eigenvalue weighted by molar-refractivity contribution is 5.81. The van der Waals surface area contributed by atoms with Crippen LogP contribution in [-0.2, 0) is 9.53 Å². The second kappa shape index (κ2) is 6.50. The lowest BCUT2D eigenvalue weighted by Gasteiger charge is -2.18. The molecule has 0 spiro atoms. The quantitative estimate of drug-likeness (QED) is 0.943. The van der Waals surface area contributed by atoms with Gasteiger partial charge in [0.15, 0.2) is 0 Å².